The van der Waals surface area contributed by atoms with Crippen LogP contribution in [-0.4, -0.2) is 84.2 Å². The van der Waals surface area contributed by atoms with E-state index in [0.717, 1.165) is 0 Å². The van der Waals surface area contributed by atoms with Crippen LogP contribution in [0.1, 0.15) is 5.56 Å². The smallest absolute Gasteiger partial charge is 0.417 e. The molecule has 196 valence electrons. The van der Waals surface area contributed by atoms with Gasteiger partial charge in [0.1, 0.15) is 35.1 Å². The first-order chi connectivity index (χ1) is 16.1. The van der Waals surface area contributed by atoms with Crippen LogP contribution in [0.5, 0.6) is 5.75 Å². The lowest BCUT2D eigenvalue weighted by molar-refractivity contribution is -0.277. The summed E-state index contributed by atoms with van der Waals surface area (Å²) in [5.74, 6) is -1.73. The van der Waals surface area contributed by atoms with E-state index in [1.807, 2.05) is 0 Å². The number of halogens is 3. The van der Waals surface area contributed by atoms with Crippen molar-refractivity contribution < 1.29 is 61.1 Å². The second-order valence-corrected chi connectivity index (χ2v) is 8.55. The van der Waals surface area contributed by atoms with E-state index >= 15 is 0 Å². The zero-order valence-electron chi connectivity index (χ0n) is 17.2. The van der Waals surface area contributed by atoms with Gasteiger partial charge in [0, 0.05) is 6.07 Å². The van der Waals surface area contributed by atoms with Gasteiger partial charge in [-0.25, -0.2) is 22.7 Å². The third-order valence-electron chi connectivity index (χ3n) is 4.36. The fourth-order valence-corrected chi connectivity index (χ4v) is 3.95. The number of amides is 4. The number of primary amides is 1. The first-order valence-corrected chi connectivity index (χ1v) is 10.7. The average Bonchev–Trinajstić information content (AvgIpc) is 2.72. The Labute approximate surface area is 194 Å². The standard InChI is InChI=1S/C16H20F3N5O10S/c17-16(18,19)6-2-1-5(33-12-11(28)10(27)9(26)7(4-25)34-12)3-8(6)35(31,32)24-15(30)23-13(20)22-14(21)29/h1-3,7,9-12,25-28H,4H2,(H6,20,21,22,23,24,29,30)/t7-,9-,10+,11-,12-/m1/s1. The van der Waals surface area contributed by atoms with Gasteiger partial charge in [0.15, 0.2) is 0 Å². The van der Waals surface area contributed by atoms with Crippen molar-refractivity contribution >= 4 is 28.0 Å². The Balaban J connectivity index is 2.35. The molecule has 0 saturated carbocycles. The number of sulfonamides is 1. The van der Waals surface area contributed by atoms with Crippen LogP contribution >= 0.6 is 0 Å². The van der Waals surface area contributed by atoms with Crippen molar-refractivity contribution in [1.29, 1.82) is 5.41 Å². The van der Waals surface area contributed by atoms with Gasteiger partial charge in [0.2, 0.25) is 12.2 Å². The Morgan fingerprint density at radius 2 is 1.77 bits per heavy atom. The summed E-state index contributed by atoms with van der Waals surface area (Å²) >= 11 is 0. The first-order valence-electron chi connectivity index (χ1n) is 9.24. The van der Waals surface area contributed by atoms with Crippen molar-refractivity contribution in [2.75, 3.05) is 6.61 Å². The van der Waals surface area contributed by atoms with E-state index in [1.54, 1.807) is 5.32 Å². The molecule has 0 aliphatic carbocycles. The van der Waals surface area contributed by atoms with Crippen LogP contribution in [0.2, 0.25) is 0 Å². The van der Waals surface area contributed by atoms with Crippen molar-refractivity contribution in [3.05, 3.63) is 23.8 Å². The minimum absolute atomic E-state index is 0.280. The van der Waals surface area contributed by atoms with Crippen molar-refractivity contribution in [2.24, 2.45) is 5.73 Å². The van der Waals surface area contributed by atoms with E-state index in [9.17, 15) is 51.6 Å². The molecule has 0 aromatic heterocycles. The predicted molar refractivity (Wildman–Crippen MR) is 105 cm³/mol. The molecule has 15 nitrogen and oxygen atoms in total. The maximum atomic E-state index is 13.4. The molecule has 35 heavy (non-hydrogen) atoms. The molecule has 4 amide bonds. The molecule has 0 radical (unpaired) electrons. The number of aliphatic hydroxyl groups excluding tert-OH is 4. The molecule has 19 heteroatoms. The lowest BCUT2D eigenvalue weighted by Crippen LogP contribution is -2.60. The Morgan fingerprint density at radius 1 is 1.14 bits per heavy atom. The summed E-state index contributed by atoms with van der Waals surface area (Å²) in [5, 5.41) is 49.0. The molecule has 5 atom stereocenters. The lowest BCUT2D eigenvalue weighted by Gasteiger charge is -2.39. The molecule has 1 aliphatic heterocycles. The number of carbonyl (C=O) groups excluding carboxylic acids is 2. The van der Waals surface area contributed by atoms with Gasteiger partial charge in [-0.2, -0.15) is 13.2 Å². The highest BCUT2D eigenvalue weighted by Gasteiger charge is 2.45. The Kier molecular flexibility index (Phi) is 8.47. The van der Waals surface area contributed by atoms with E-state index < -0.39 is 87.7 Å². The number of guanidine groups is 1. The van der Waals surface area contributed by atoms with E-state index in [1.165, 1.54) is 10.0 Å². The van der Waals surface area contributed by atoms with Crippen LogP contribution in [0.15, 0.2) is 23.1 Å². The number of hydrogen-bond acceptors (Lipinski definition) is 11. The number of carbonyl (C=O) groups is 2. The largest absolute Gasteiger partial charge is 0.462 e. The zero-order chi connectivity index (χ0) is 26.7. The van der Waals surface area contributed by atoms with Crippen LogP contribution in [0, 0.1) is 5.41 Å². The predicted octanol–water partition coefficient (Wildman–Crippen LogP) is -2.52. The minimum Gasteiger partial charge on any atom is -0.462 e. The molecular weight excluding hydrogens is 511 g/mol. The minimum atomic E-state index is -5.29. The van der Waals surface area contributed by atoms with Crippen molar-refractivity contribution in [1.82, 2.24) is 15.4 Å². The normalized spacial score (nSPS) is 24.8. The molecule has 0 unspecified atom stereocenters. The van der Waals surface area contributed by atoms with Crippen LogP contribution < -0.4 is 25.8 Å². The van der Waals surface area contributed by atoms with Crippen LogP contribution in [0.4, 0.5) is 22.8 Å². The van der Waals surface area contributed by atoms with Crippen LogP contribution in [0.3, 0.4) is 0 Å². The first kappa shape index (κ1) is 28.0. The molecule has 2 rings (SSSR count). The summed E-state index contributed by atoms with van der Waals surface area (Å²) < 4.78 is 76.7. The number of ether oxygens (including phenoxy) is 2. The molecule has 1 aliphatic rings. The number of urea groups is 2. The maximum Gasteiger partial charge on any atom is 0.417 e. The van der Waals surface area contributed by atoms with Gasteiger partial charge in [-0.3, -0.25) is 16.0 Å². The Morgan fingerprint density at radius 3 is 2.31 bits per heavy atom. The Hall–Kier alpha value is -3.23. The van der Waals surface area contributed by atoms with E-state index in [2.05, 4.69) is 0 Å². The maximum absolute atomic E-state index is 13.4. The molecule has 10 N–H and O–H groups in total. The van der Waals surface area contributed by atoms with Crippen LogP contribution in [-0.2, 0) is 20.9 Å². The summed E-state index contributed by atoms with van der Waals surface area (Å²) in [7, 11) is -5.29. The molecular formula is C16H20F3N5O10S. The van der Waals surface area contributed by atoms with Crippen molar-refractivity contribution in [3.8, 4) is 5.75 Å². The number of hydrogen-bond donors (Lipinski definition) is 9. The summed E-state index contributed by atoms with van der Waals surface area (Å²) in [5.41, 5.74) is 2.97. The van der Waals surface area contributed by atoms with E-state index in [4.69, 9.17) is 20.6 Å². The highest BCUT2D eigenvalue weighted by atomic mass is 32.2. The zero-order valence-corrected chi connectivity index (χ0v) is 18.0. The SMILES string of the molecule is N=C(NC(N)=O)NC(=O)NS(=O)(=O)c1cc(O[C@@H]2O[C@H](CO)[C@@H](O)[C@H](O)[C@H]2O)ccc1C(F)(F)F. The van der Waals surface area contributed by atoms with Gasteiger partial charge in [-0.1, -0.05) is 0 Å². The average molecular weight is 531 g/mol. The van der Waals surface area contributed by atoms with Gasteiger partial charge in [-0.05, 0) is 12.1 Å². The highest BCUT2D eigenvalue weighted by Crippen LogP contribution is 2.36. The van der Waals surface area contributed by atoms with Gasteiger partial charge in [0.25, 0.3) is 10.0 Å². The third kappa shape index (κ3) is 6.90. The quantitative estimate of drug-likeness (QED) is 0.142. The molecule has 1 saturated heterocycles. The molecule has 1 heterocycles. The third-order valence-corrected chi connectivity index (χ3v) is 5.73. The van der Waals surface area contributed by atoms with Crippen molar-refractivity contribution in [3.63, 3.8) is 0 Å². The number of nitrogens with one attached hydrogen (secondary N) is 4. The number of aliphatic hydroxyl groups is 4. The monoisotopic (exact) mass is 531 g/mol. The number of benzene rings is 1. The van der Waals surface area contributed by atoms with Gasteiger partial charge >= 0.3 is 18.2 Å². The summed E-state index contributed by atoms with van der Waals surface area (Å²) in [6.07, 6.45) is -14.1. The summed E-state index contributed by atoms with van der Waals surface area (Å²) in [6.45, 7) is -0.837. The second kappa shape index (κ2) is 10.6. The Bertz CT molecular complexity index is 1080. The molecule has 1 aromatic carbocycles. The van der Waals surface area contributed by atoms with Crippen LogP contribution in [0.25, 0.3) is 0 Å². The van der Waals surface area contributed by atoms with E-state index in [-0.39, 0.29) is 6.07 Å². The highest BCUT2D eigenvalue weighted by molar-refractivity contribution is 7.90. The fourth-order valence-electron chi connectivity index (χ4n) is 2.80. The van der Waals surface area contributed by atoms with Gasteiger partial charge in [-0.15, -0.1) is 0 Å². The summed E-state index contributed by atoms with van der Waals surface area (Å²) in [4.78, 5) is 20.9. The fraction of sp³-hybridized carbons (Fsp3) is 0.438. The molecule has 0 bridgehead atoms. The van der Waals surface area contributed by atoms with Gasteiger partial charge in [0.05, 0.1) is 12.2 Å². The number of rotatable bonds is 5. The molecule has 1 fully saturated rings. The van der Waals surface area contributed by atoms with Gasteiger partial charge < -0.3 is 35.6 Å². The second-order valence-electron chi connectivity index (χ2n) is 6.89. The topological polar surface area (TPSA) is 254 Å². The summed E-state index contributed by atoms with van der Waals surface area (Å²) in [6, 6.07) is -1.77. The van der Waals surface area contributed by atoms with E-state index in [0.29, 0.717) is 12.1 Å². The van der Waals surface area contributed by atoms with Crippen molar-refractivity contribution in [2.45, 2.75) is 41.8 Å². The lowest BCUT2D eigenvalue weighted by atomic mass is 9.99. The molecule has 0 spiro atoms. The number of alkyl halides is 3. The number of nitrogens with two attached hydrogens (primary N) is 1. The molecule has 1 aromatic rings.